The molecule has 0 aliphatic carbocycles. The van der Waals surface area contributed by atoms with Crippen molar-refractivity contribution in [2.24, 2.45) is 0 Å². The number of benzene rings is 1. The Morgan fingerprint density at radius 3 is 2.69 bits per heavy atom. The number of carbonyl (C=O) groups excluding carboxylic acids is 1. The van der Waals surface area contributed by atoms with Crippen LogP contribution in [0.2, 0.25) is 5.02 Å². The van der Waals surface area contributed by atoms with Crippen LogP contribution in [0.15, 0.2) is 29.2 Å². The molecule has 1 aliphatic heterocycles. The number of methoxy groups -OCH3 is 1. The minimum absolute atomic E-state index is 0.0635. The van der Waals surface area contributed by atoms with Crippen LogP contribution in [-0.2, 0) is 32.5 Å². The number of ether oxygens (including phenoxy) is 1. The summed E-state index contributed by atoms with van der Waals surface area (Å²) in [5, 5.41) is 0.340. The average Bonchev–Trinajstić information content (AvgIpc) is 3.44. The second kappa shape index (κ2) is 10.2. The zero-order chi connectivity index (χ0) is 25.3. The molecule has 1 saturated heterocycles. The maximum atomic E-state index is 13.3. The van der Waals surface area contributed by atoms with Crippen molar-refractivity contribution in [2.75, 3.05) is 13.7 Å². The van der Waals surface area contributed by atoms with Gasteiger partial charge < -0.3 is 9.30 Å². The second-order valence-corrected chi connectivity index (χ2v) is 11.3. The number of unbranched alkanes of at least 4 members (excludes halogenated alkanes) is 1. The van der Waals surface area contributed by atoms with E-state index in [4.69, 9.17) is 26.3 Å². The molecule has 3 heterocycles. The van der Waals surface area contributed by atoms with Crippen LogP contribution in [0.1, 0.15) is 55.3 Å². The number of sulfonamides is 1. The van der Waals surface area contributed by atoms with Gasteiger partial charge in [0.15, 0.2) is 5.65 Å². The highest BCUT2D eigenvalue weighted by atomic mass is 35.5. The van der Waals surface area contributed by atoms with Crippen molar-refractivity contribution in [1.82, 2.24) is 18.8 Å². The number of fused-ring (bicyclic) bond motifs is 1. The Labute approximate surface area is 211 Å². The summed E-state index contributed by atoms with van der Waals surface area (Å²) < 4.78 is 34.7. The minimum atomic E-state index is -3.89. The third-order valence-electron chi connectivity index (χ3n) is 6.49. The number of halogens is 1. The van der Waals surface area contributed by atoms with Crippen LogP contribution in [0.3, 0.4) is 0 Å². The summed E-state index contributed by atoms with van der Waals surface area (Å²) in [4.78, 5) is 21.8. The first-order chi connectivity index (χ1) is 16.7. The standard InChI is InChI=1S/C25H31ClN4O4S/c1-5-6-9-22-28-23-16(2)13-17(3)27-24(23)29(22)15-18-10-11-19(14-20(18)26)35(32,33)30-12-7-8-21(30)25(31)34-4/h10-11,13-14,21H,5-9,12,15H2,1-4H3. The van der Waals surface area contributed by atoms with E-state index in [1.165, 1.54) is 17.5 Å². The molecule has 2 aromatic heterocycles. The fraction of sp³-hybridized carbons (Fsp3) is 0.480. The molecule has 0 spiro atoms. The van der Waals surface area contributed by atoms with E-state index >= 15 is 0 Å². The first-order valence-corrected chi connectivity index (χ1v) is 13.7. The predicted octanol–water partition coefficient (Wildman–Crippen LogP) is 4.42. The highest BCUT2D eigenvalue weighted by Crippen LogP contribution is 2.30. The number of pyridine rings is 1. The Morgan fingerprint density at radius 1 is 1.23 bits per heavy atom. The van der Waals surface area contributed by atoms with Gasteiger partial charge in [0.2, 0.25) is 10.0 Å². The summed E-state index contributed by atoms with van der Waals surface area (Å²) in [6, 6.07) is 5.97. The van der Waals surface area contributed by atoms with Gasteiger partial charge in [-0.1, -0.05) is 31.0 Å². The van der Waals surface area contributed by atoms with E-state index in [2.05, 4.69) is 11.5 Å². The molecular weight excluding hydrogens is 488 g/mol. The summed E-state index contributed by atoms with van der Waals surface area (Å²) in [5.41, 5.74) is 4.44. The Bertz CT molecular complexity index is 1370. The molecule has 1 unspecified atom stereocenters. The molecule has 188 valence electrons. The summed E-state index contributed by atoms with van der Waals surface area (Å²) >= 11 is 6.63. The van der Waals surface area contributed by atoms with E-state index in [1.807, 2.05) is 19.9 Å². The number of hydrogen-bond donors (Lipinski definition) is 0. The van der Waals surface area contributed by atoms with E-state index in [0.29, 0.717) is 24.4 Å². The normalized spacial score (nSPS) is 16.8. The molecule has 1 aliphatic rings. The smallest absolute Gasteiger partial charge is 0.324 e. The van der Waals surface area contributed by atoms with Crippen LogP contribution in [0.4, 0.5) is 0 Å². The number of carbonyl (C=O) groups is 1. The molecule has 8 nitrogen and oxygen atoms in total. The van der Waals surface area contributed by atoms with Crippen molar-refractivity contribution < 1.29 is 17.9 Å². The monoisotopic (exact) mass is 518 g/mol. The molecule has 1 aromatic carbocycles. The number of aromatic nitrogens is 3. The molecule has 1 atom stereocenters. The number of rotatable bonds is 8. The maximum Gasteiger partial charge on any atom is 0.324 e. The Morgan fingerprint density at radius 2 is 2.00 bits per heavy atom. The van der Waals surface area contributed by atoms with Crippen molar-refractivity contribution >= 4 is 38.8 Å². The summed E-state index contributed by atoms with van der Waals surface area (Å²) in [6.07, 6.45) is 3.91. The largest absolute Gasteiger partial charge is 0.468 e. The topological polar surface area (TPSA) is 94.4 Å². The molecule has 0 radical (unpaired) electrons. The van der Waals surface area contributed by atoms with Crippen LogP contribution < -0.4 is 0 Å². The van der Waals surface area contributed by atoms with Crippen LogP contribution in [0.25, 0.3) is 11.2 Å². The SMILES string of the molecule is CCCCc1nc2c(C)cc(C)nc2n1Cc1ccc(S(=O)(=O)N2CCCC2C(=O)OC)cc1Cl. The number of imidazole rings is 1. The molecule has 0 bridgehead atoms. The number of aryl methyl sites for hydroxylation is 3. The molecule has 4 rings (SSSR count). The molecule has 0 saturated carbocycles. The van der Waals surface area contributed by atoms with Crippen LogP contribution in [0.5, 0.6) is 0 Å². The fourth-order valence-corrected chi connectivity index (χ4v) is 6.64. The lowest BCUT2D eigenvalue weighted by Gasteiger charge is -2.22. The molecule has 10 heteroatoms. The highest BCUT2D eigenvalue weighted by Gasteiger charge is 2.40. The van der Waals surface area contributed by atoms with E-state index < -0.39 is 22.0 Å². The van der Waals surface area contributed by atoms with Gasteiger partial charge in [0.1, 0.15) is 17.4 Å². The molecule has 0 N–H and O–H groups in total. The molecular formula is C25H31ClN4O4S. The van der Waals surface area contributed by atoms with Gasteiger partial charge in [-0.3, -0.25) is 4.79 Å². The molecule has 0 amide bonds. The van der Waals surface area contributed by atoms with Crippen molar-refractivity contribution in [1.29, 1.82) is 0 Å². The van der Waals surface area contributed by atoms with Crippen LogP contribution in [-0.4, -0.2) is 52.9 Å². The van der Waals surface area contributed by atoms with Gasteiger partial charge in [-0.05, 0) is 62.4 Å². The molecule has 1 fully saturated rings. The van der Waals surface area contributed by atoms with E-state index in [0.717, 1.165) is 53.1 Å². The van der Waals surface area contributed by atoms with Crippen LogP contribution >= 0.6 is 11.6 Å². The van der Waals surface area contributed by atoms with Gasteiger partial charge >= 0.3 is 5.97 Å². The summed E-state index contributed by atoms with van der Waals surface area (Å²) in [7, 11) is -2.63. The third-order valence-corrected chi connectivity index (χ3v) is 8.75. The van der Waals surface area contributed by atoms with E-state index in [1.54, 1.807) is 12.1 Å². The Hall–Kier alpha value is -2.49. The summed E-state index contributed by atoms with van der Waals surface area (Å²) in [5.74, 6) is 0.396. The lowest BCUT2D eigenvalue weighted by atomic mass is 10.2. The first-order valence-electron chi connectivity index (χ1n) is 11.9. The summed E-state index contributed by atoms with van der Waals surface area (Å²) in [6.45, 7) is 6.83. The zero-order valence-electron chi connectivity index (χ0n) is 20.5. The van der Waals surface area contributed by atoms with Gasteiger partial charge in [-0.2, -0.15) is 4.31 Å². The van der Waals surface area contributed by atoms with Crippen molar-refractivity contribution in [3.05, 3.63) is 51.9 Å². The highest BCUT2D eigenvalue weighted by molar-refractivity contribution is 7.89. The minimum Gasteiger partial charge on any atom is -0.468 e. The fourth-order valence-electron chi connectivity index (χ4n) is 4.66. The number of nitrogens with zero attached hydrogens (tertiary/aromatic N) is 4. The molecule has 3 aromatic rings. The van der Waals surface area contributed by atoms with Crippen molar-refractivity contribution in [3.63, 3.8) is 0 Å². The quantitative estimate of drug-likeness (QED) is 0.410. The van der Waals surface area contributed by atoms with Gasteiger partial charge in [0.05, 0.1) is 18.6 Å². The predicted molar refractivity (Wildman–Crippen MR) is 135 cm³/mol. The third kappa shape index (κ3) is 4.94. The van der Waals surface area contributed by atoms with Gasteiger partial charge in [0.25, 0.3) is 0 Å². The van der Waals surface area contributed by atoms with Crippen molar-refractivity contribution in [2.45, 2.75) is 70.4 Å². The first kappa shape index (κ1) is 25.6. The maximum absolute atomic E-state index is 13.3. The second-order valence-electron chi connectivity index (χ2n) is 9.02. The van der Waals surface area contributed by atoms with E-state index in [9.17, 15) is 13.2 Å². The molecule has 35 heavy (non-hydrogen) atoms. The Kier molecular flexibility index (Phi) is 7.49. The lowest BCUT2D eigenvalue weighted by Crippen LogP contribution is -2.41. The zero-order valence-corrected chi connectivity index (χ0v) is 22.1. The average molecular weight is 519 g/mol. The van der Waals surface area contributed by atoms with Crippen LogP contribution in [0, 0.1) is 13.8 Å². The van der Waals surface area contributed by atoms with Gasteiger partial charge in [-0.15, -0.1) is 0 Å². The van der Waals surface area contributed by atoms with Crippen molar-refractivity contribution in [3.8, 4) is 0 Å². The van der Waals surface area contributed by atoms with Gasteiger partial charge in [0, 0.05) is 23.7 Å². The number of esters is 1. The van der Waals surface area contributed by atoms with Gasteiger partial charge in [-0.25, -0.2) is 18.4 Å². The Balaban J connectivity index is 1.69. The lowest BCUT2D eigenvalue weighted by molar-refractivity contribution is -0.144. The number of hydrogen-bond acceptors (Lipinski definition) is 6. The van der Waals surface area contributed by atoms with E-state index in [-0.39, 0.29) is 11.4 Å².